The minimum Gasteiger partial charge on any atom is -0.317 e. The fourth-order valence-corrected chi connectivity index (χ4v) is 2.49. The highest BCUT2D eigenvalue weighted by molar-refractivity contribution is 5.75. The van der Waals surface area contributed by atoms with E-state index in [4.69, 9.17) is 0 Å². The number of aryl methyl sites for hydroxylation is 3. The van der Waals surface area contributed by atoms with Gasteiger partial charge in [0.25, 0.3) is 5.56 Å². The highest BCUT2D eigenvalue weighted by atomic mass is 16.2. The lowest BCUT2D eigenvalue weighted by Crippen LogP contribution is -2.39. The molecule has 3 heterocycles. The zero-order valence-electron chi connectivity index (χ0n) is 12.5. The molecule has 0 aliphatic heterocycles. The summed E-state index contributed by atoms with van der Waals surface area (Å²) in [4.78, 5) is 29.4. The van der Waals surface area contributed by atoms with Gasteiger partial charge in [-0.3, -0.25) is 18.3 Å². The van der Waals surface area contributed by atoms with Crippen LogP contribution in [0.3, 0.4) is 0 Å². The van der Waals surface area contributed by atoms with Gasteiger partial charge in [-0.15, -0.1) is 0 Å². The first kappa shape index (κ1) is 13.4. The summed E-state index contributed by atoms with van der Waals surface area (Å²) in [6.45, 7) is 4.06. The molecule has 3 aromatic heterocycles. The molecule has 0 spiro atoms. The molecule has 0 aliphatic rings. The maximum atomic E-state index is 12.6. The highest BCUT2D eigenvalue weighted by Gasteiger charge is 2.18. The van der Waals surface area contributed by atoms with Crippen LogP contribution in [0.5, 0.6) is 0 Å². The molecular weight excluding hydrogens is 270 g/mol. The number of nitrogens with zero attached hydrogens (tertiary/aromatic N) is 5. The van der Waals surface area contributed by atoms with E-state index in [1.54, 1.807) is 17.5 Å². The summed E-state index contributed by atoms with van der Waals surface area (Å²) < 4.78 is 6.28. The van der Waals surface area contributed by atoms with Crippen LogP contribution in [0.25, 0.3) is 16.9 Å². The molecule has 110 valence electrons. The van der Waals surface area contributed by atoms with Crippen LogP contribution in [0, 0.1) is 6.92 Å². The average Bonchev–Trinajstić information content (AvgIpc) is 2.95. The maximum Gasteiger partial charge on any atom is 0.332 e. The number of aromatic nitrogens is 5. The molecule has 0 amide bonds. The van der Waals surface area contributed by atoms with Crippen molar-refractivity contribution in [2.24, 2.45) is 14.1 Å². The van der Waals surface area contributed by atoms with E-state index >= 15 is 0 Å². The fourth-order valence-electron chi connectivity index (χ4n) is 2.49. The fraction of sp³-hybridized carbons (Fsp3) is 0.357. The first-order chi connectivity index (χ1) is 9.97. The first-order valence-electron chi connectivity index (χ1n) is 6.72. The van der Waals surface area contributed by atoms with Crippen molar-refractivity contribution in [2.75, 3.05) is 0 Å². The Balaban J connectivity index is 2.53. The van der Waals surface area contributed by atoms with Crippen molar-refractivity contribution in [1.29, 1.82) is 0 Å². The Kier molecular flexibility index (Phi) is 2.86. The monoisotopic (exact) mass is 287 g/mol. The van der Waals surface area contributed by atoms with Gasteiger partial charge in [-0.2, -0.15) is 4.98 Å². The lowest BCUT2D eigenvalue weighted by molar-refractivity contribution is 0.666. The second-order valence-electron chi connectivity index (χ2n) is 5.11. The van der Waals surface area contributed by atoms with Crippen LogP contribution in [-0.2, 0) is 20.6 Å². The molecule has 3 rings (SSSR count). The Hall–Kier alpha value is -2.57. The predicted octanol–water partition coefficient (Wildman–Crippen LogP) is 0.571. The van der Waals surface area contributed by atoms with Crippen molar-refractivity contribution >= 4 is 16.9 Å². The Labute approximate surface area is 120 Å². The molecule has 0 saturated carbocycles. The van der Waals surface area contributed by atoms with Crippen molar-refractivity contribution in [2.45, 2.75) is 20.4 Å². The zero-order chi connectivity index (χ0) is 15.3. The molecule has 0 fully saturated rings. The zero-order valence-corrected chi connectivity index (χ0v) is 12.5. The van der Waals surface area contributed by atoms with Crippen LogP contribution >= 0.6 is 0 Å². The predicted molar refractivity (Wildman–Crippen MR) is 80.7 cm³/mol. The normalized spacial score (nSPS) is 12.2. The molecule has 0 aliphatic carbocycles. The summed E-state index contributed by atoms with van der Waals surface area (Å²) in [6.07, 6.45) is 5.45. The molecular formula is C14H17N5O2. The molecule has 7 heteroatoms. The van der Waals surface area contributed by atoms with Crippen molar-refractivity contribution in [3.8, 4) is 0 Å². The molecule has 0 bridgehead atoms. The Morgan fingerprint density at radius 2 is 1.95 bits per heavy atom. The number of hydrogen-bond acceptors (Lipinski definition) is 3. The smallest absolute Gasteiger partial charge is 0.317 e. The van der Waals surface area contributed by atoms with Gasteiger partial charge in [0, 0.05) is 32.5 Å². The van der Waals surface area contributed by atoms with Crippen LogP contribution < -0.4 is 11.2 Å². The Morgan fingerprint density at radius 3 is 2.62 bits per heavy atom. The number of hydrogen-bond donors (Lipinski definition) is 0. The van der Waals surface area contributed by atoms with Gasteiger partial charge in [0.1, 0.15) is 0 Å². The van der Waals surface area contributed by atoms with Gasteiger partial charge in [0.15, 0.2) is 11.2 Å². The van der Waals surface area contributed by atoms with Gasteiger partial charge in [0.2, 0.25) is 5.78 Å². The lowest BCUT2D eigenvalue weighted by Gasteiger charge is -2.05. The molecule has 3 aromatic rings. The first-order valence-corrected chi connectivity index (χ1v) is 6.72. The molecule has 0 saturated heterocycles. The van der Waals surface area contributed by atoms with E-state index in [2.05, 4.69) is 4.98 Å². The van der Waals surface area contributed by atoms with E-state index in [0.717, 1.165) is 5.69 Å². The van der Waals surface area contributed by atoms with Gasteiger partial charge in [0.05, 0.1) is 0 Å². The Bertz CT molecular complexity index is 997. The van der Waals surface area contributed by atoms with Crippen molar-refractivity contribution in [3.63, 3.8) is 0 Å². The second-order valence-corrected chi connectivity index (χ2v) is 5.11. The number of allylic oxidation sites excluding steroid dienone is 2. The summed E-state index contributed by atoms with van der Waals surface area (Å²) in [5.41, 5.74) is 1.16. The molecule has 0 unspecified atom stereocenters. The quantitative estimate of drug-likeness (QED) is 0.647. The summed E-state index contributed by atoms with van der Waals surface area (Å²) in [6, 6.07) is 0. The van der Waals surface area contributed by atoms with Gasteiger partial charge in [-0.25, -0.2) is 4.79 Å². The third kappa shape index (κ3) is 1.70. The van der Waals surface area contributed by atoms with E-state index in [9.17, 15) is 9.59 Å². The third-order valence-corrected chi connectivity index (χ3v) is 3.83. The Morgan fingerprint density at radius 1 is 1.24 bits per heavy atom. The summed E-state index contributed by atoms with van der Waals surface area (Å²) in [5.74, 6) is 0.651. The van der Waals surface area contributed by atoms with E-state index < -0.39 is 0 Å². The van der Waals surface area contributed by atoms with Gasteiger partial charge in [-0.05, 0) is 13.8 Å². The van der Waals surface area contributed by atoms with E-state index in [1.807, 2.05) is 37.7 Å². The van der Waals surface area contributed by atoms with E-state index in [1.165, 1.54) is 9.13 Å². The number of fused-ring (bicyclic) bond motifs is 3. The lowest BCUT2D eigenvalue weighted by atomic mass is 10.4. The van der Waals surface area contributed by atoms with Gasteiger partial charge >= 0.3 is 5.69 Å². The van der Waals surface area contributed by atoms with Crippen molar-refractivity contribution in [1.82, 2.24) is 23.1 Å². The number of rotatable bonds is 2. The largest absolute Gasteiger partial charge is 0.332 e. The molecule has 0 aromatic carbocycles. The van der Waals surface area contributed by atoms with Gasteiger partial charge in [-0.1, -0.05) is 12.2 Å². The van der Waals surface area contributed by atoms with Crippen molar-refractivity contribution in [3.05, 3.63) is 44.9 Å². The summed E-state index contributed by atoms with van der Waals surface area (Å²) >= 11 is 0. The van der Waals surface area contributed by atoms with Crippen LogP contribution in [-0.4, -0.2) is 23.1 Å². The van der Waals surface area contributed by atoms with Crippen LogP contribution in [0.2, 0.25) is 0 Å². The molecule has 21 heavy (non-hydrogen) atoms. The standard InChI is InChI=1S/C14H17N5O2/c1-5-6-7-18-12(20)10-11(17(4)14(18)21)15-13-16(3)9(2)8-19(10)13/h5-6,8H,7H2,1-4H3/b6-5+. The van der Waals surface area contributed by atoms with Crippen LogP contribution in [0.1, 0.15) is 12.6 Å². The highest BCUT2D eigenvalue weighted by Crippen LogP contribution is 2.14. The van der Waals surface area contributed by atoms with Crippen molar-refractivity contribution < 1.29 is 0 Å². The van der Waals surface area contributed by atoms with Gasteiger partial charge < -0.3 is 4.57 Å². The molecule has 0 radical (unpaired) electrons. The SMILES string of the molecule is C/C=C/Cn1c(=O)c2c(nc3n(C)c(C)cn23)n(C)c1=O. The topological polar surface area (TPSA) is 66.2 Å². The van der Waals surface area contributed by atoms with E-state index in [0.29, 0.717) is 16.9 Å². The third-order valence-electron chi connectivity index (χ3n) is 3.83. The molecule has 0 N–H and O–H groups in total. The average molecular weight is 287 g/mol. The molecule has 7 nitrogen and oxygen atoms in total. The van der Waals surface area contributed by atoms with E-state index in [-0.39, 0.29) is 17.8 Å². The van der Waals surface area contributed by atoms with Crippen LogP contribution in [0.15, 0.2) is 27.9 Å². The minimum atomic E-state index is -0.356. The maximum absolute atomic E-state index is 12.6. The minimum absolute atomic E-state index is 0.261. The number of imidazole rings is 2. The summed E-state index contributed by atoms with van der Waals surface area (Å²) in [7, 11) is 3.52. The van der Waals surface area contributed by atoms with Crippen LogP contribution in [0.4, 0.5) is 0 Å². The molecule has 0 atom stereocenters. The second kappa shape index (κ2) is 4.47. The summed E-state index contributed by atoms with van der Waals surface area (Å²) in [5, 5.41) is 0.